The number of ether oxygens (including phenoxy) is 2. The van der Waals surface area contributed by atoms with Gasteiger partial charge in [0.2, 0.25) is 6.79 Å². The molecule has 0 saturated carbocycles. The largest absolute Gasteiger partial charge is 0.454 e. The van der Waals surface area contributed by atoms with Crippen LogP contribution in [-0.4, -0.2) is 23.1 Å². The summed E-state index contributed by atoms with van der Waals surface area (Å²) in [5.41, 5.74) is 3.96. The predicted molar refractivity (Wildman–Crippen MR) is 78.6 cm³/mol. The summed E-state index contributed by atoms with van der Waals surface area (Å²) in [5.74, 6) is 1.75. The molecule has 5 heteroatoms. The first-order valence-electron chi connectivity index (χ1n) is 7.50. The van der Waals surface area contributed by atoms with Crippen LogP contribution in [0.2, 0.25) is 0 Å². The molecule has 1 aromatic heterocycles. The van der Waals surface area contributed by atoms with Crippen molar-refractivity contribution in [1.82, 2.24) is 15.1 Å². The van der Waals surface area contributed by atoms with Gasteiger partial charge in [0, 0.05) is 18.8 Å². The first-order chi connectivity index (χ1) is 10.3. The topological polar surface area (TPSA) is 48.3 Å². The number of benzene rings is 1. The van der Waals surface area contributed by atoms with Gasteiger partial charge in [0.05, 0.1) is 6.20 Å². The number of rotatable bonds is 3. The van der Waals surface area contributed by atoms with Crippen LogP contribution in [0.4, 0.5) is 0 Å². The van der Waals surface area contributed by atoms with Crippen LogP contribution in [0.25, 0.3) is 0 Å². The Morgan fingerprint density at radius 2 is 2.19 bits per heavy atom. The maximum absolute atomic E-state index is 5.52. The Labute approximate surface area is 123 Å². The van der Waals surface area contributed by atoms with Crippen LogP contribution in [0, 0.1) is 0 Å². The summed E-state index contributed by atoms with van der Waals surface area (Å²) in [7, 11) is 0. The highest BCUT2D eigenvalue weighted by Gasteiger charge is 2.25. The number of aryl methyl sites for hydroxylation is 1. The third kappa shape index (κ3) is 2.27. The Hall–Kier alpha value is -2.01. The van der Waals surface area contributed by atoms with E-state index < -0.39 is 0 Å². The second-order valence-electron chi connectivity index (χ2n) is 5.57. The zero-order valence-corrected chi connectivity index (χ0v) is 12.1. The van der Waals surface area contributed by atoms with Crippen molar-refractivity contribution in [2.45, 2.75) is 32.4 Å². The zero-order valence-electron chi connectivity index (χ0n) is 12.1. The molecular weight excluding hydrogens is 266 g/mol. The predicted octanol–water partition coefficient (Wildman–Crippen LogP) is 2.06. The van der Waals surface area contributed by atoms with Crippen molar-refractivity contribution in [1.29, 1.82) is 0 Å². The number of aromatic nitrogens is 2. The van der Waals surface area contributed by atoms with E-state index in [-0.39, 0.29) is 0 Å². The van der Waals surface area contributed by atoms with E-state index in [1.54, 1.807) is 0 Å². The molecule has 4 rings (SSSR count). The fourth-order valence-electron chi connectivity index (χ4n) is 3.13. The third-order valence-electron chi connectivity index (χ3n) is 4.25. The van der Waals surface area contributed by atoms with Crippen molar-refractivity contribution in [2.75, 3.05) is 13.3 Å². The van der Waals surface area contributed by atoms with Gasteiger partial charge in [-0.3, -0.25) is 4.68 Å². The van der Waals surface area contributed by atoms with Crippen LogP contribution >= 0.6 is 0 Å². The van der Waals surface area contributed by atoms with Crippen LogP contribution in [-0.2, 0) is 19.4 Å². The Balaban J connectivity index is 1.63. The average Bonchev–Trinajstić information content (AvgIpc) is 3.13. The van der Waals surface area contributed by atoms with Gasteiger partial charge in [-0.1, -0.05) is 0 Å². The summed E-state index contributed by atoms with van der Waals surface area (Å²) >= 11 is 0. The highest BCUT2D eigenvalue weighted by molar-refractivity contribution is 5.50. The Morgan fingerprint density at radius 3 is 3.00 bits per heavy atom. The summed E-state index contributed by atoms with van der Waals surface area (Å²) in [6, 6.07) is 4.59. The van der Waals surface area contributed by atoms with Crippen molar-refractivity contribution in [2.24, 2.45) is 0 Å². The summed E-state index contributed by atoms with van der Waals surface area (Å²) in [5, 5.41) is 7.97. The van der Waals surface area contributed by atoms with Crippen molar-refractivity contribution in [3.63, 3.8) is 0 Å². The number of hydrogen-bond donors (Lipinski definition) is 1. The Morgan fingerprint density at radius 1 is 1.33 bits per heavy atom. The molecular formula is C16H19N3O2. The fourth-order valence-corrected chi connectivity index (χ4v) is 3.13. The highest BCUT2D eigenvalue weighted by atomic mass is 16.7. The van der Waals surface area contributed by atoms with Crippen LogP contribution in [0.15, 0.2) is 24.5 Å². The normalized spacial score (nSPS) is 19.6. The number of nitrogens with zero attached hydrogens (tertiary/aromatic N) is 2. The van der Waals surface area contributed by atoms with Crippen LogP contribution in [0.1, 0.15) is 29.7 Å². The van der Waals surface area contributed by atoms with E-state index in [0.717, 1.165) is 37.4 Å². The van der Waals surface area contributed by atoms with Gasteiger partial charge in [0.15, 0.2) is 11.5 Å². The summed E-state index contributed by atoms with van der Waals surface area (Å²) < 4.78 is 13.0. The SMILES string of the molecule is CCn1cc(CC2NCCc3cc4c(cc32)OCO4)cn1. The smallest absolute Gasteiger partial charge is 0.231 e. The molecule has 1 N–H and O–H groups in total. The quantitative estimate of drug-likeness (QED) is 0.938. The molecule has 0 bridgehead atoms. The highest BCUT2D eigenvalue weighted by Crippen LogP contribution is 2.38. The van der Waals surface area contributed by atoms with E-state index in [1.165, 1.54) is 16.7 Å². The van der Waals surface area contributed by atoms with E-state index in [4.69, 9.17) is 9.47 Å². The first-order valence-corrected chi connectivity index (χ1v) is 7.50. The second kappa shape index (κ2) is 5.07. The molecule has 0 aliphatic carbocycles. The summed E-state index contributed by atoms with van der Waals surface area (Å²) in [6.45, 7) is 4.35. The van der Waals surface area contributed by atoms with Crippen LogP contribution < -0.4 is 14.8 Å². The average molecular weight is 285 g/mol. The summed E-state index contributed by atoms with van der Waals surface area (Å²) in [6.07, 6.45) is 6.08. The van der Waals surface area contributed by atoms with Gasteiger partial charge in [0.1, 0.15) is 0 Å². The van der Waals surface area contributed by atoms with Crippen molar-refractivity contribution < 1.29 is 9.47 Å². The van der Waals surface area contributed by atoms with Gasteiger partial charge >= 0.3 is 0 Å². The van der Waals surface area contributed by atoms with Crippen molar-refractivity contribution in [3.8, 4) is 11.5 Å². The zero-order chi connectivity index (χ0) is 14.2. The molecule has 0 radical (unpaired) electrons. The minimum Gasteiger partial charge on any atom is -0.454 e. The monoisotopic (exact) mass is 285 g/mol. The molecule has 0 fully saturated rings. The molecule has 3 heterocycles. The van der Waals surface area contributed by atoms with Gasteiger partial charge in [-0.05, 0) is 55.1 Å². The molecule has 0 saturated heterocycles. The standard InChI is InChI=1S/C16H19N3O2/c1-2-19-9-11(8-18-19)5-14-13-7-16-15(20-10-21-16)6-12(13)3-4-17-14/h6-9,14,17H,2-5,10H2,1H3. The van der Waals surface area contributed by atoms with Crippen molar-refractivity contribution in [3.05, 3.63) is 41.2 Å². The number of nitrogens with one attached hydrogen (secondary N) is 1. The molecule has 1 unspecified atom stereocenters. The Bertz CT molecular complexity index is 666. The Kier molecular flexibility index (Phi) is 3.07. The maximum Gasteiger partial charge on any atom is 0.231 e. The molecule has 21 heavy (non-hydrogen) atoms. The van der Waals surface area contributed by atoms with E-state index >= 15 is 0 Å². The molecule has 5 nitrogen and oxygen atoms in total. The minimum atomic E-state index is 0.317. The molecule has 0 spiro atoms. The molecule has 0 amide bonds. The van der Waals surface area contributed by atoms with Gasteiger partial charge in [-0.25, -0.2) is 0 Å². The lowest BCUT2D eigenvalue weighted by atomic mass is 9.90. The lowest BCUT2D eigenvalue weighted by Gasteiger charge is -2.27. The van der Waals surface area contributed by atoms with Gasteiger partial charge in [0.25, 0.3) is 0 Å². The number of fused-ring (bicyclic) bond motifs is 2. The molecule has 110 valence electrons. The first kappa shape index (κ1) is 12.7. The maximum atomic E-state index is 5.52. The fraction of sp³-hybridized carbons (Fsp3) is 0.438. The van der Waals surface area contributed by atoms with Gasteiger partial charge < -0.3 is 14.8 Å². The minimum absolute atomic E-state index is 0.317. The van der Waals surface area contributed by atoms with E-state index in [9.17, 15) is 0 Å². The lowest BCUT2D eigenvalue weighted by molar-refractivity contribution is 0.174. The summed E-state index contributed by atoms with van der Waals surface area (Å²) in [4.78, 5) is 0. The number of hydrogen-bond acceptors (Lipinski definition) is 4. The second-order valence-corrected chi connectivity index (χ2v) is 5.57. The van der Waals surface area contributed by atoms with Crippen molar-refractivity contribution >= 4 is 0 Å². The van der Waals surface area contributed by atoms with Crippen LogP contribution in [0.3, 0.4) is 0 Å². The van der Waals surface area contributed by atoms with Gasteiger partial charge in [-0.2, -0.15) is 5.10 Å². The molecule has 2 aromatic rings. The van der Waals surface area contributed by atoms with E-state index in [0.29, 0.717) is 12.8 Å². The third-order valence-corrected chi connectivity index (χ3v) is 4.25. The van der Waals surface area contributed by atoms with Crippen LogP contribution in [0.5, 0.6) is 11.5 Å². The molecule has 1 aromatic carbocycles. The molecule has 2 aliphatic heterocycles. The molecule has 1 atom stereocenters. The molecule has 2 aliphatic rings. The van der Waals surface area contributed by atoms with E-state index in [1.807, 2.05) is 10.9 Å². The van der Waals surface area contributed by atoms with Gasteiger partial charge in [-0.15, -0.1) is 0 Å². The van der Waals surface area contributed by atoms with E-state index in [2.05, 4.69) is 35.7 Å². The lowest BCUT2D eigenvalue weighted by Crippen LogP contribution is -2.31.